The molecule has 0 aromatic rings. The fourth-order valence-electron chi connectivity index (χ4n) is 3.64. The van der Waals surface area contributed by atoms with Crippen molar-refractivity contribution >= 4 is 0 Å². The van der Waals surface area contributed by atoms with Crippen LogP contribution < -0.4 is 0 Å². The number of aliphatic hydroxyl groups is 1. The Bertz CT molecular complexity index is 204. The van der Waals surface area contributed by atoms with Crippen LogP contribution in [0.1, 0.15) is 66.7 Å². The zero-order chi connectivity index (χ0) is 12.4. The molecule has 0 atom stereocenters. The Hall–Kier alpha value is -0.0400. The van der Waals surface area contributed by atoms with Gasteiger partial charge in [-0.3, -0.25) is 0 Å². The number of hydrogen-bond donors (Lipinski definition) is 1. The van der Waals surface area contributed by atoms with E-state index in [4.69, 9.17) is 5.11 Å². The molecule has 1 heteroatoms. The zero-order valence-electron chi connectivity index (χ0n) is 11.8. The Labute approximate surface area is 102 Å². The molecule has 1 saturated carbocycles. The number of rotatable bonds is 3. The lowest BCUT2D eigenvalue weighted by molar-refractivity contribution is 0.0709. The van der Waals surface area contributed by atoms with E-state index in [2.05, 4.69) is 34.6 Å². The molecule has 0 aliphatic heterocycles. The van der Waals surface area contributed by atoms with Gasteiger partial charge in [-0.2, -0.15) is 0 Å². The molecular weight excluding hydrogens is 196 g/mol. The summed E-state index contributed by atoms with van der Waals surface area (Å²) in [6.07, 6.45) is 6.39. The van der Waals surface area contributed by atoms with Crippen LogP contribution in [0.4, 0.5) is 0 Å². The first-order chi connectivity index (χ1) is 7.24. The van der Waals surface area contributed by atoms with E-state index in [1.807, 2.05) is 0 Å². The van der Waals surface area contributed by atoms with Crippen molar-refractivity contribution in [3.63, 3.8) is 0 Å². The second-order valence-electron chi connectivity index (χ2n) is 7.63. The number of hydrogen-bond acceptors (Lipinski definition) is 1. The van der Waals surface area contributed by atoms with Crippen LogP contribution in [0.3, 0.4) is 0 Å². The molecule has 1 N–H and O–H groups in total. The fraction of sp³-hybridized carbons (Fsp3) is 1.00. The standard InChI is InChI=1S/C15H30O/c1-14(2,3)11-15(4,5)13-8-6-12(10-16)7-9-13/h12-13,16H,6-11H2,1-5H3. The Balaban J connectivity index is 2.51. The summed E-state index contributed by atoms with van der Waals surface area (Å²) in [5.74, 6) is 1.44. The Morgan fingerprint density at radius 2 is 1.44 bits per heavy atom. The molecule has 16 heavy (non-hydrogen) atoms. The van der Waals surface area contributed by atoms with Gasteiger partial charge >= 0.3 is 0 Å². The molecule has 0 aromatic heterocycles. The average molecular weight is 226 g/mol. The topological polar surface area (TPSA) is 20.2 Å². The van der Waals surface area contributed by atoms with Gasteiger partial charge in [0.15, 0.2) is 0 Å². The first-order valence-corrected chi connectivity index (χ1v) is 6.85. The van der Waals surface area contributed by atoms with Gasteiger partial charge in [0.2, 0.25) is 0 Å². The molecule has 1 fully saturated rings. The summed E-state index contributed by atoms with van der Waals surface area (Å²) in [7, 11) is 0. The molecule has 0 unspecified atom stereocenters. The largest absolute Gasteiger partial charge is 0.396 e. The average Bonchev–Trinajstić information content (AvgIpc) is 2.14. The van der Waals surface area contributed by atoms with Gasteiger partial charge in [-0.05, 0) is 54.8 Å². The third kappa shape index (κ3) is 4.08. The molecule has 0 amide bonds. The highest BCUT2D eigenvalue weighted by Gasteiger charge is 2.35. The summed E-state index contributed by atoms with van der Waals surface area (Å²) in [4.78, 5) is 0. The van der Waals surface area contributed by atoms with E-state index in [-0.39, 0.29) is 0 Å². The first-order valence-electron chi connectivity index (χ1n) is 6.85. The van der Waals surface area contributed by atoms with Gasteiger partial charge in [-0.25, -0.2) is 0 Å². The first kappa shape index (κ1) is 14.0. The SMILES string of the molecule is CC(C)(C)CC(C)(C)C1CCC(CO)CC1. The van der Waals surface area contributed by atoms with Gasteiger partial charge in [-0.15, -0.1) is 0 Å². The summed E-state index contributed by atoms with van der Waals surface area (Å²) in [5.41, 5.74) is 0.885. The smallest absolute Gasteiger partial charge is 0.0459 e. The molecule has 0 spiro atoms. The van der Waals surface area contributed by atoms with Crippen molar-refractivity contribution < 1.29 is 5.11 Å². The highest BCUT2D eigenvalue weighted by Crippen LogP contribution is 2.45. The van der Waals surface area contributed by atoms with Crippen molar-refractivity contribution in [2.24, 2.45) is 22.7 Å². The van der Waals surface area contributed by atoms with Crippen molar-refractivity contribution in [2.75, 3.05) is 6.61 Å². The van der Waals surface area contributed by atoms with E-state index >= 15 is 0 Å². The van der Waals surface area contributed by atoms with Crippen molar-refractivity contribution in [1.29, 1.82) is 0 Å². The third-order valence-electron chi connectivity index (χ3n) is 4.20. The second-order valence-corrected chi connectivity index (χ2v) is 7.63. The molecule has 0 bridgehead atoms. The Morgan fingerprint density at radius 1 is 0.938 bits per heavy atom. The van der Waals surface area contributed by atoms with Gasteiger partial charge in [0.05, 0.1) is 0 Å². The maximum absolute atomic E-state index is 9.17. The van der Waals surface area contributed by atoms with E-state index in [0.29, 0.717) is 23.4 Å². The lowest BCUT2D eigenvalue weighted by Crippen LogP contribution is -2.32. The van der Waals surface area contributed by atoms with Crippen LogP contribution in [-0.4, -0.2) is 11.7 Å². The van der Waals surface area contributed by atoms with Gasteiger partial charge in [0.1, 0.15) is 0 Å². The molecule has 1 nitrogen and oxygen atoms in total. The predicted molar refractivity (Wildman–Crippen MR) is 70.4 cm³/mol. The minimum absolute atomic E-state index is 0.395. The van der Waals surface area contributed by atoms with Gasteiger partial charge < -0.3 is 5.11 Å². The second kappa shape index (κ2) is 5.08. The van der Waals surface area contributed by atoms with Crippen LogP contribution in [-0.2, 0) is 0 Å². The predicted octanol–water partition coefficient (Wildman–Crippen LogP) is 4.25. The van der Waals surface area contributed by atoms with Crippen LogP contribution in [0.25, 0.3) is 0 Å². The van der Waals surface area contributed by atoms with E-state index in [1.54, 1.807) is 0 Å². The lowest BCUT2D eigenvalue weighted by Gasteiger charge is -2.42. The van der Waals surface area contributed by atoms with Crippen LogP contribution in [0.5, 0.6) is 0 Å². The summed E-state index contributed by atoms with van der Waals surface area (Å²) >= 11 is 0. The van der Waals surface area contributed by atoms with Gasteiger partial charge in [0.25, 0.3) is 0 Å². The summed E-state index contributed by atoms with van der Waals surface area (Å²) in [5, 5.41) is 9.17. The monoisotopic (exact) mass is 226 g/mol. The minimum Gasteiger partial charge on any atom is -0.396 e. The molecule has 0 heterocycles. The molecule has 0 aromatic carbocycles. The molecular formula is C15H30O. The van der Waals surface area contributed by atoms with Crippen molar-refractivity contribution in [1.82, 2.24) is 0 Å². The maximum Gasteiger partial charge on any atom is 0.0459 e. The molecule has 1 aliphatic rings. The van der Waals surface area contributed by atoms with Crippen LogP contribution in [0.15, 0.2) is 0 Å². The Morgan fingerprint density at radius 3 is 1.81 bits per heavy atom. The molecule has 0 saturated heterocycles. The van der Waals surface area contributed by atoms with E-state index in [0.717, 1.165) is 5.92 Å². The summed E-state index contributed by atoms with van der Waals surface area (Å²) < 4.78 is 0. The molecule has 0 radical (unpaired) electrons. The van der Waals surface area contributed by atoms with Crippen LogP contribution in [0.2, 0.25) is 0 Å². The third-order valence-corrected chi connectivity index (χ3v) is 4.20. The number of aliphatic hydroxyl groups excluding tert-OH is 1. The highest BCUT2D eigenvalue weighted by atomic mass is 16.3. The lowest BCUT2D eigenvalue weighted by atomic mass is 9.63. The van der Waals surface area contributed by atoms with Gasteiger partial charge in [0, 0.05) is 6.61 Å². The summed E-state index contributed by atoms with van der Waals surface area (Å²) in [6, 6.07) is 0. The molecule has 1 rings (SSSR count). The van der Waals surface area contributed by atoms with E-state index in [1.165, 1.54) is 32.1 Å². The van der Waals surface area contributed by atoms with Crippen LogP contribution in [0, 0.1) is 22.7 Å². The minimum atomic E-state index is 0.395. The summed E-state index contributed by atoms with van der Waals surface area (Å²) in [6.45, 7) is 12.3. The fourth-order valence-corrected chi connectivity index (χ4v) is 3.64. The van der Waals surface area contributed by atoms with Crippen molar-refractivity contribution in [3.8, 4) is 0 Å². The van der Waals surface area contributed by atoms with E-state index < -0.39 is 0 Å². The Kier molecular flexibility index (Phi) is 4.45. The quantitative estimate of drug-likeness (QED) is 0.763. The zero-order valence-corrected chi connectivity index (χ0v) is 11.8. The van der Waals surface area contributed by atoms with Gasteiger partial charge in [-0.1, -0.05) is 34.6 Å². The molecule has 1 aliphatic carbocycles. The highest BCUT2D eigenvalue weighted by molar-refractivity contribution is 4.86. The van der Waals surface area contributed by atoms with Crippen molar-refractivity contribution in [2.45, 2.75) is 66.7 Å². The maximum atomic E-state index is 9.17. The van der Waals surface area contributed by atoms with E-state index in [9.17, 15) is 0 Å². The van der Waals surface area contributed by atoms with Crippen molar-refractivity contribution in [3.05, 3.63) is 0 Å². The van der Waals surface area contributed by atoms with Crippen LogP contribution >= 0.6 is 0 Å². The normalized spacial score (nSPS) is 28.1. The molecule has 96 valence electrons.